The fourth-order valence-corrected chi connectivity index (χ4v) is 3.22. The van der Waals surface area contributed by atoms with Crippen LogP contribution in [0.4, 0.5) is 0 Å². The van der Waals surface area contributed by atoms with E-state index in [0.29, 0.717) is 10.0 Å². The average Bonchev–Trinajstić information content (AvgIpc) is 2.69. The van der Waals surface area contributed by atoms with Crippen molar-refractivity contribution in [2.75, 3.05) is 0 Å². The van der Waals surface area contributed by atoms with Crippen molar-refractivity contribution in [2.45, 2.75) is 45.3 Å². The Kier molecular flexibility index (Phi) is 4.75. The third-order valence-corrected chi connectivity index (χ3v) is 4.13. The second-order valence-corrected chi connectivity index (χ2v) is 6.59. The Morgan fingerprint density at radius 3 is 2.00 bits per heavy atom. The zero-order chi connectivity index (χ0) is 16.5. The summed E-state index contributed by atoms with van der Waals surface area (Å²) >= 11 is 3.38. The molecule has 0 N–H and O–H groups in total. The Morgan fingerprint density at radius 1 is 1.00 bits per heavy atom. The van der Waals surface area contributed by atoms with E-state index in [0.717, 1.165) is 5.56 Å². The lowest BCUT2D eigenvalue weighted by molar-refractivity contribution is -0.166. The third kappa shape index (κ3) is 2.70. The molecule has 2 rings (SSSR count). The van der Waals surface area contributed by atoms with Gasteiger partial charge in [0, 0.05) is 4.48 Å². The zero-order valence-electron chi connectivity index (χ0n) is 13.1. The van der Waals surface area contributed by atoms with Gasteiger partial charge in [-0.1, -0.05) is 40.2 Å². The molecule has 1 aliphatic carbocycles. The summed E-state index contributed by atoms with van der Waals surface area (Å²) in [6.07, 6.45) is 1.10. The fraction of sp³-hybridized carbons (Fsp3) is 0.412. The maximum absolute atomic E-state index is 12.8. The van der Waals surface area contributed by atoms with Crippen LogP contribution in [-0.2, 0) is 24.5 Å². The number of ether oxygens (including phenoxy) is 2. The highest BCUT2D eigenvalue weighted by atomic mass is 79.9. The first-order valence-electron chi connectivity index (χ1n) is 7.19. The van der Waals surface area contributed by atoms with Crippen molar-refractivity contribution in [1.82, 2.24) is 0 Å². The number of halogens is 1. The van der Waals surface area contributed by atoms with Gasteiger partial charge in [-0.3, -0.25) is 9.59 Å². The first-order valence-corrected chi connectivity index (χ1v) is 7.98. The number of hydrogen-bond donors (Lipinski definition) is 0. The van der Waals surface area contributed by atoms with Crippen molar-refractivity contribution in [3.8, 4) is 0 Å². The van der Waals surface area contributed by atoms with Crippen molar-refractivity contribution < 1.29 is 19.1 Å². The molecule has 0 unspecified atom stereocenters. The lowest BCUT2D eigenvalue weighted by Crippen LogP contribution is -2.46. The SMILES string of the molecule is CC(C)OC(=O)C1(C(=O)OC(C)C)C(Br)=Cc2ccccc21. The Morgan fingerprint density at radius 2 is 1.50 bits per heavy atom. The van der Waals surface area contributed by atoms with Gasteiger partial charge in [0.25, 0.3) is 0 Å². The quantitative estimate of drug-likeness (QED) is 0.603. The molecule has 0 radical (unpaired) electrons. The van der Waals surface area contributed by atoms with Gasteiger partial charge in [-0.05, 0) is 44.9 Å². The minimum absolute atomic E-state index is 0.329. The number of esters is 2. The van der Waals surface area contributed by atoms with Gasteiger partial charge >= 0.3 is 11.9 Å². The molecule has 0 saturated heterocycles. The van der Waals surface area contributed by atoms with Gasteiger partial charge in [-0.15, -0.1) is 0 Å². The molecule has 22 heavy (non-hydrogen) atoms. The standard InChI is InChI=1S/C17H19BrO4/c1-10(2)21-15(19)17(16(20)22-11(3)4)13-8-6-5-7-12(13)9-14(17)18/h5-11H,1-4H3. The molecular weight excluding hydrogens is 348 g/mol. The number of carbonyl (C=O) groups is 2. The molecule has 1 aromatic rings. The van der Waals surface area contributed by atoms with Gasteiger partial charge in [-0.25, -0.2) is 0 Å². The Balaban J connectivity index is 2.59. The highest BCUT2D eigenvalue weighted by Crippen LogP contribution is 2.47. The average molecular weight is 367 g/mol. The molecule has 0 fully saturated rings. The molecule has 0 bridgehead atoms. The van der Waals surface area contributed by atoms with Gasteiger partial charge in [-0.2, -0.15) is 0 Å². The number of benzene rings is 1. The Labute approximate surface area is 138 Å². The zero-order valence-corrected chi connectivity index (χ0v) is 14.6. The van der Waals surface area contributed by atoms with Crippen LogP contribution in [0.1, 0.15) is 38.8 Å². The normalized spacial score (nSPS) is 15.5. The predicted molar refractivity (Wildman–Crippen MR) is 87.5 cm³/mol. The second-order valence-electron chi connectivity index (χ2n) is 5.74. The monoisotopic (exact) mass is 366 g/mol. The van der Waals surface area contributed by atoms with Crippen LogP contribution in [0.2, 0.25) is 0 Å². The van der Waals surface area contributed by atoms with E-state index >= 15 is 0 Å². The van der Waals surface area contributed by atoms with E-state index in [2.05, 4.69) is 15.9 Å². The van der Waals surface area contributed by atoms with E-state index in [9.17, 15) is 9.59 Å². The summed E-state index contributed by atoms with van der Waals surface area (Å²) in [6, 6.07) is 7.25. The van der Waals surface area contributed by atoms with Crippen LogP contribution in [0.25, 0.3) is 6.08 Å². The van der Waals surface area contributed by atoms with Crippen LogP contribution in [0.5, 0.6) is 0 Å². The van der Waals surface area contributed by atoms with Crippen molar-refractivity contribution >= 4 is 33.9 Å². The minimum atomic E-state index is -1.58. The lowest BCUT2D eigenvalue weighted by Gasteiger charge is -2.29. The first kappa shape index (κ1) is 16.7. The topological polar surface area (TPSA) is 52.6 Å². The largest absolute Gasteiger partial charge is 0.462 e. The molecule has 0 spiro atoms. The second kappa shape index (κ2) is 6.24. The van der Waals surface area contributed by atoms with E-state index in [4.69, 9.17) is 9.47 Å². The summed E-state index contributed by atoms with van der Waals surface area (Å²) in [7, 11) is 0. The van der Waals surface area contributed by atoms with Crippen LogP contribution >= 0.6 is 15.9 Å². The highest BCUT2D eigenvalue weighted by Gasteiger charge is 2.57. The maximum atomic E-state index is 12.8. The van der Waals surface area contributed by atoms with Crippen LogP contribution < -0.4 is 0 Å². The van der Waals surface area contributed by atoms with E-state index in [1.165, 1.54) is 0 Å². The molecule has 0 atom stereocenters. The molecule has 0 heterocycles. The van der Waals surface area contributed by atoms with E-state index in [1.807, 2.05) is 12.1 Å². The molecular formula is C17H19BrO4. The summed E-state index contributed by atoms with van der Waals surface area (Å²) in [6.45, 7) is 6.99. The molecule has 0 saturated carbocycles. The van der Waals surface area contributed by atoms with E-state index < -0.39 is 17.4 Å². The van der Waals surface area contributed by atoms with Crippen molar-refractivity contribution in [1.29, 1.82) is 0 Å². The number of carbonyl (C=O) groups excluding carboxylic acids is 2. The Bertz CT molecular complexity index is 609. The van der Waals surface area contributed by atoms with E-state index in [-0.39, 0.29) is 12.2 Å². The summed E-state index contributed by atoms with van der Waals surface area (Å²) in [5, 5.41) is 0. The smallest absolute Gasteiger partial charge is 0.333 e. The van der Waals surface area contributed by atoms with Crippen molar-refractivity contribution in [3.05, 3.63) is 39.9 Å². The van der Waals surface area contributed by atoms with Crippen LogP contribution in [0.15, 0.2) is 28.7 Å². The molecule has 5 heteroatoms. The molecule has 1 aromatic carbocycles. The fourth-order valence-electron chi connectivity index (χ4n) is 2.44. The summed E-state index contributed by atoms with van der Waals surface area (Å²) in [5.74, 6) is -1.25. The number of hydrogen-bond acceptors (Lipinski definition) is 4. The molecule has 4 nitrogen and oxygen atoms in total. The van der Waals surface area contributed by atoms with Gasteiger partial charge in [0.1, 0.15) is 0 Å². The summed E-state index contributed by atoms with van der Waals surface area (Å²) < 4.78 is 11.2. The van der Waals surface area contributed by atoms with Gasteiger partial charge in [0.2, 0.25) is 5.41 Å². The molecule has 0 aliphatic heterocycles. The number of fused-ring (bicyclic) bond motifs is 1. The van der Waals surface area contributed by atoms with Gasteiger partial charge in [0.05, 0.1) is 12.2 Å². The van der Waals surface area contributed by atoms with Crippen LogP contribution in [0.3, 0.4) is 0 Å². The summed E-state index contributed by atoms with van der Waals surface area (Å²) in [5.41, 5.74) is -0.195. The van der Waals surface area contributed by atoms with Gasteiger partial charge < -0.3 is 9.47 Å². The first-order chi connectivity index (χ1) is 10.3. The molecule has 118 valence electrons. The van der Waals surface area contributed by atoms with Crippen molar-refractivity contribution in [3.63, 3.8) is 0 Å². The minimum Gasteiger partial charge on any atom is -0.462 e. The molecule has 0 aromatic heterocycles. The predicted octanol–water partition coefficient (Wildman–Crippen LogP) is 3.58. The Hall–Kier alpha value is -1.62. The van der Waals surface area contributed by atoms with Crippen molar-refractivity contribution in [2.24, 2.45) is 0 Å². The third-order valence-electron chi connectivity index (χ3n) is 3.30. The van der Waals surface area contributed by atoms with Crippen LogP contribution in [-0.4, -0.2) is 24.1 Å². The highest BCUT2D eigenvalue weighted by molar-refractivity contribution is 9.12. The van der Waals surface area contributed by atoms with Gasteiger partial charge in [0.15, 0.2) is 0 Å². The number of rotatable bonds is 4. The lowest BCUT2D eigenvalue weighted by atomic mass is 9.82. The molecule has 0 amide bonds. The van der Waals surface area contributed by atoms with Crippen LogP contribution in [0, 0.1) is 0 Å². The molecule has 1 aliphatic rings. The maximum Gasteiger partial charge on any atom is 0.333 e. The van der Waals surface area contributed by atoms with E-state index in [1.54, 1.807) is 45.9 Å². The summed E-state index contributed by atoms with van der Waals surface area (Å²) in [4.78, 5) is 25.6.